The van der Waals surface area contributed by atoms with E-state index in [2.05, 4.69) is 39.5 Å². The van der Waals surface area contributed by atoms with Crippen LogP contribution >= 0.6 is 0 Å². The van der Waals surface area contributed by atoms with E-state index in [0.717, 1.165) is 36.3 Å². The number of anilines is 1. The molecule has 4 rings (SSSR count). The average molecular weight is 304 g/mol. The molecule has 2 heterocycles. The van der Waals surface area contributed by atoms with E-state index in [-0.39, 0.29) is 6.23 Å². The highest BCUT2D eigenvalue weighted by Crippen LogP contribution is 2.25. The fraction of sp³-hybridized carbons (Fsp3) is 0.211. The summed E-state index contributed by atoms with van der Waals surface area (Å²) in [4.78, 5) is 6.70. The van der Waals surface area contributed by atoms with Crippen molar-refractivity contribution in [2.24, 2.45) is 0 Å². The number of ether oxygens (including phenoxy) is 1. The quantitative estimate of drug-likeness (QED) is 0.746. The maximum absolute atomic E-state index is 6.17. The lowest BCUT2D eigenvalue weighted by atomic mass is 10.2. The smallest absolute Gasteiger partial charge is 0.182 e. The van der Waals surface area contributed by atoms with Crippen LogP contribution in [-0.4, -0.2) is 30.8 Å². The fourth-order valence-electron chi connectivity index (χ4n) is 2.93. The van der Waals surface area contributed by atoms with E-state index in [9.17, 15) is 0 Å². The van der Waals surface area contributed by atoms with Crippen molar-refractivity contribution in [3.05, 3.63) is 66.9 Å². The Bertz CT molecular complexity index is 785. The zero-order chi connectivity index (χ0) is 15.5. The molecule has 0 amide bonds. The molecule has 0 spiro atoms. The van der Waals surface area contributed by atoms with Gasteiger partial charge < -0.3 is 9.64 Å². The zero-order valence-electron chi connectivity index (χ0n) is 12.8. The van der Waals surface area contributed by atoms with Gasteiger partial charge in [0.1, 0.15) is 5.75 Å². The van der Waals surface area contributed by atoms with Gasteiger partial charge in [0.05, 0.1) is 12.1 Å². The third kappa shape index (κ3) is 2.98. The molecule has 4 nitrogen and oxygen atoms in total. The molecule has 0 bridgehead atoms. The van der Waals surface area contributed by atoms with E-state index >= 15 is 0 Å². The summed E-state index contributed by atoms with van der Waals surface area (Å²) < 4.78 is 6.17. The topological polar surface area (TPSA) is 39.5 Å². The Hall–Kier alpha value is -2.59. The van der Waals surface area contributed by atoms with Crippen LogP contribution in [0, 0.1) is 0 Å². The van der Waals surface area contributed by atoms with Crippen LogP contribution in [0.5, 0.6) is 5.75 Å². The molecule has 1 radical (unpaired) electrons. The molecule has 4 heteroatoms. The molecule has 2 aromatic carbocycles. The van der Waals surface area contributed by atoms with Gasteiger partial charge in [-0.3, -0.25) is 4.98 Å². The maximum atomic E-state index is 6.17. The van der Waals surface area contributed by atoms with Crippen molar-refractivity contribution in [1.82, 2.24) is 10.3 Å². The molecule has 1 aromatic heterocycles. The first kappa shape index (κ1) is 14.0. The molecule has 1 unspecified atom stereocenters. The number of piperazine rings is 1. The van der Waals surface area contributed by atoms with Gasteiger partial charge in [-0.25, -0.2) is 0 Å². The maximum Gasteiger partial charge on any atom is 0.182 e. The summed E-state index contributed by atoms with van der Waals surface area (Å²) in [7, 11) is 0. The van der Waals surface area contributed by atoms with Crippen LogP contribution in [0.2, 0.25) is 0 Å². The molecule has 3 aromatic rings. The summed E-state index contributed by atoms with van der Waals surface area (Å²) >= 11 is 0. The van der Waals surface area contributed by atoms with Gasteiger partial charge >= 0.3 is 0 Å². The average Bonchev–Trinajstić information content (AvgIpc) is 2.63. The fourth-order valence-corrected chi connectivity index (χ4v) is 2.93. The molecule has 1 atom stereocenters. The number of hydrogen-bond donors (Lipinski definition) is 0. The van der Waals surface area contributed by atoms with E-state index in [1.807, 2.05) is 36.4 Å². The number of fused-ring (bicyclic) bond motifs is 1. The summed E-state index contributed by atoms with van der Waals surface area (Å²) in [6, 6.07) is 20.4. The van der Waals surface area contributed by atoms with E-state index in [1.54, 1.807) is 6.20 Å². The number of benzene rings is 2. The van der Waals surface area contributed by atoms with Gasteiger partial charge in [0.2, 0.25) is 0 Å². The van der Waals surface area contributed by atoms with Crippen molar-refractivity contribution < 1.29 is 4.74 Å². The van der Waals surface area contributed by atoms with Crippen molar-refractivity contribution in [3.8, 4) is 5.75 Å². The Morgan fingerprint density at radius 3 is 2.70 bits per heavy atom. The van der Waals surface area contributed by atoms with Gasteiger partial charge in [0, 0.05) is 30.4 Å². The van der Waals surface area contributed by atoms with Crippen molar-refractivity contribution >= 4 is 16.6 Å². The first-order chi connectivity index (χ1) is 11.4. The van der Waals surface area contributed by atoms with Crippen LogP contribution in [0.4, 0.5) is 5.69 Å². The van der Waals surface area contributed by atoms with Gasteiger partial charge in [-0.1, -0.05) is 30.3 Å². The SMILES string of the molecule is c1ccc(N2CC[N]C(Oc3ccnc4ccccc34)C2)cc1. The molecular weight excluding hydrogens is 286 g/mol. The summed E-state index contributed by atoms with van der Waals surface area (Å²) in [5.41, 5.74) is 2.16. The number of aromatic nitrogens is 1. The predicted octanol–water partition coefficient (Wildman–Crippen LogP) is 3.06. The highest BCUT2D eigenvalue weighted by molar-refractivity contribution is 5.84. The molecule has 0 N–H and O–H groups in total. The highest BCUT2D eigenvalue weighted by atomic mass is 16.5. The number of nitrogens with zero attached hydrogens (tertiary/aromatic N) is 3. The van der Waals surface area contributed by atoms with Crippen molar-refractivity contribution in [3.63, 3.8) is 0 Å². The standard InChI is InChI=1S/C19H18N3O/c1-2-6-15(7-3-1)22-13-12-21-19(14-22)23-18-10-11-20-17-9-5-4-8-16(17)18/h1-11,19H,12-14H2. The molecule has 115 valence electrons. The Morgan fingerprint density at radius 1 is 0.957 bits per heavy atom. The van der Waals surface area contributed by atoms with Crippen LogP contribution in [0.1, 0.15) is 0 Å². The van der Waals surface area contributed by atoms with Crippen molar-refractivity contribution in [1.29, 1.82) is 0 Å². The van der Waals surface area contributed by atoms with Crippen molar-refractivity contribution in [2.45, 2.75) is 6.23 Å². The van der Waals surface area contributed by atoms with E-state index in [1.165, 1.54) is 5.69 Å². The van der Waals surface area contributed by atoms with Crippen molar-refractivity contribution in [2.75, 3.05) is 24.5 Å². The molecule has 23 heavy (non-hydrogen) atoms. The Morgan fingerprint density at radius 2 is 1.78 bits per heavy atom. The second-order valence-corrected chi connectivity index (χ2v) is 5.59. The minimum Gasteiger partial charge on any atom is -0.471 e. The lowest BCUT2D eigenvalue weighted by molar-refractivity contribution is 0.154. The predicted molar refractivity (Wildman–Crippen MR) is 91.8 cm³/mol. The third-order valence-electron chi connectivity index (χ3n) is 4.07. The molecule has 1 saturated heterocycles. The Labute approximate surface area is 135 Å². The summed E-state index contributed by atoms with van der Waals surface area (Å²) in [5.74, 6) is 0.847. The van der Waals surface area contributed by atoms with Crippen LogP contribution in [0.3, 0.4) is 0 Å². The van der Waals surface area contributed by atoms with Gasteiger partial charge in [-0.15, -0.1) is 0 Å². The minimum absolute atomic E-state index is 0.158. The Balaban J connectivity index is 1.54. The summed E-state index contributed by atoms with van der Waals surface area (Å²) in [6.07, 6.45) is 1.63. The van der Waals surface area contributed by atoms with Gasteiger partial charge in [0.15, 0.2) is 6.23 Å². The Kier molecular flexibility index (Phi) is 3.82. The largest absolute Gasteiger partial charge is 0.471 e. The lowest BCUT2D eigenvalue weighted by Crippen LogP contribution is -2.49. The number of rotatable bonds is 3. The number of pyridine rings is 1. The van der Waals surface area contributed by atoms with E-state index in [4.69, 9.17) is 4.74 Å². The third-order valence-corrected chi connectivity index (χ3v) is 4.07. The summed E-state index contributed by atoms with van der Waals surface area (Å²) in [6.45, 7) is 2.48. The van der Waals surface area contributed by atoms with Crippen LogP contribution < -0.4 is 15.0 Å². The molecule has 1 fully saturated rings. The lowest BCUT2D eigenvalue weighted by Gasteiger charge is -2.34. The van der Waals surface area contributed by atoms with Crippen LogP contribution in [-0.2, 0) is 0 Å². The molecular formula is C19H18N3O. The molecule has 0 aliphatic carbocycles. The van der Waals surface area contributed by atoms with Crippen LogP contribution in [0.15, 0.2) is 66.9 Å². The number of para-hydroxylation sites is 2. The van der Waals surface area contributed by atoms with Crippen LogP contribution in [0.25, 0.3) is 10.9 Å². The van der Waals surface area contributed by atoms with Gasteiger partial charge in [-0.05, 0) is 30.3 Å². The monoisotopic (exact) mass is 304 g/mol. The minimum atomic E-state index is -0.158. The molecule has 1 aliphatic rings. The molecule has 1 aliphatic heterocycles. The second-order valence-electron chi connectivity index (χ2n) is 5.59. The normalized spacial score (nSPS) is 18.1. The first-order valence-corrected chi connectivity index (χ1v) is 7.87. The number of hydrogen-bond acceptors (Lipinski definition) is 3. The van der Waals surface area contributed by atoms with E-state index < -0.39 is 0 Å². The van der Waals surface area contributed by atoms with Gasteiger partial charge in [0.25, 0.3) is 0 Å². The second kappa shape index (κ2) is 6.26. The zero-order valence-corrected chi connectivity index (χ0v) is 12.8. The molecule has 0 saturated carbocycles. The highest BCUT2D eigenvalue weighted by Gasteiger charge is 2.22. The first-order valence-electron chi connectivity index (χ1n) is 7.87. The van der Waals surface area contributed by atoms with E-state index in [0.29, 0.717) is 0 Å². The van der Waals surface area contributed by atoms with Gasteiger partial charge in [-0.2, -0.15) is 5.32 Å². The summed E-state index contributed by atoms with van der Waals surface area (Å²) in [5, 5.41) is 5.65.